The third-order valence-electron chi connectivity index (χ3n) is 5.04. The number of carboxylic acid groups (broad SMARTS) is 1. The lowest BCUT2D eigenvalue weighted by Crippen LogP contribution is -2.15. The molecule has 31 heavy (non-hydrogen) atoms. The highest BCUT2D eigenvalue weighted by Gasteiger charge is 2.36. The minimum atomic E-state index is -3.04. The predicted octanol–water partition coefficient (Wildman–Crippen LogP) is 5.32. The molecule has 0 saturated heterocycles. The largest absolute Gasteiger partial charge is 0.478 e. The molecule has 0 aliphatic rings. The summed E-state index contributed by atoms with van der Waals surface area (Å²) in [6, 6.07) is 8.75. The first-order chi connectivity index (χ1) is 14.9. The van der Waals surface area contributed by atoms with E-state index in [0.717, 1.165) is 24.0 Å². The van der Waals surface area contributed by atoms with E-state index in [1.807, 2.05) is 19.1 Å². The monoisotopic (exact) mass is 428 g/mol. The van der Waals surface area contributed by atoms with Crippen molar-refractivity contribution >= 4 is 5.97 Å². The van der Waals surface area contributed by atoms with Crippen LogP contribution >= 0.6 is 0 Å². The zero-order chi connectivity index (χ0) is 22.4. The molecule has 0 atom stereocenters. The molecule has 0 spiro atoms. The summed E-state index contributed by atoms with van der Waals surface area (Å²) in [7, 11) is 0. The van der Waals surface area contributed by atoms with Crippen molar-refractivity contribution in [2.75, 3.05) is 0 Å². The maximum Gasteiger partial charge on any atom is 0.336 e. The highest BCUT2D eigenvalue weighted by Crippen LogP contribution is 2.31. The Labute approximate surface area is 180 Å². The number of hydrogen-bond donors (Lipinski definition) is 1. The Hall–Kier alpha value is -3.16. The fraction of sp³-hybridized carbons (Fsp3) is 0.391. The van der Waals surface area contributed by atoms with E-state index < -0.39 is 17.7 Å². The topological polar surface area (TPSA) is 80.9 Å². The standard InChI is InChI=1S/C23H26F2N4O2/c1-3-5-13-29-20(27-22(28-29)23(24,25)11-4-2)14-16-6-8-17(9-7-16)19-15-26-12-10-18(19)21(30)31/h6-10,12,15H,3-5,11,13-14H2,1-2H3,(H,30,31). The molecule has 0 unspecified atom stereocenters. The zero-order valence-corrected chi connectivity index (χ0v) is 17.7. The number of aromatic carboxylic acids is 1. The molecule has 8 heteroatoms. The number of aromatic nitrogens is 4. The maximum atomic E-state index is 14.4. The van der Waals surface area contributed by atoms with Crippen molar-refractivity contribution in [2.24, 2.45) is 0 Å². The summed E-state index contributed by atoms with van der Waals surface area (Å²) in [6.07, 6.45) is 5.13. The average molecular weight is 428 g/mol. The summed E-state index contributed by atoms with van der Waals surface area (Å²) in [5.74, 6) is -3.98. The number of carbonyl (C=O) groups is 1. The van der Waals surface area contributed by atoms with E-state index in [0.29, 0.717) is 30.8 Å². The van der Waals surface area contributed by atoms with Crippen LogP contribution in [0.15, 0.2) is 42.7 Å². The Morgan fingerprint density at radius 1 is 1.13 bits per heavy atom. The molecule has 2 aromatic heterocycles. The molecule has 6 nitrogen and oxygen atoms in total. The van der Waals surface area contributed by atoms with Crippen molar-refractivity contribution in [3.63, 3.8) is 0 Å². The minimum Gasteiger partial charge on any atom is -0.478 e. The summed E-state index contributed by atoms with van der Waals surface area (Å²) >= 11 is 0. The Balaban J connectivity index is 1.87. The third-order valence-corrected chi connectivity index (χ3v) is 5.04. The van der Waals surface area contributed by atoms with E-state index in [9.17, 15) is 18.7 Å². The van der Waals surface area contributed by atoms with Gasteiger partial charge in [0.2, 0.25) is 5.82 Å². The lowest BCUT2D eigenvalue weighted by atomic mass is 10.00. The van der Waals surface area contributed by atoms with Gasteiger partial charge in [-0.15, -0.1) is 5.10 Å². The molecule has 0 amide bonds. The van der Waals surface area contributed by atoms with Crippen LogP contribution in [0.2, 0.25) is 0 Å². The van der Waals surface area contributed by atoms with Gasteiger partial charge in [0.15, 0.2) is 0 Å². The summed E-state index contributed by atoms with van der Waals surface area (Å²) in [4.78, 5) is 19.6. The summed E-state index contributed by atoms with van der Waals surface area (Å²) in [5.41, 5.74) is 2.29. The van der Waals surface area contributed by atoms with Crippen LogP contribution in [0.25, 0.3) is 11.1 Å². The number of carboxylic acids is 1. The molecule has 3 aromatic rings. The van der Waals surface area contributed by atoms with Gasteiger partial charge >= 0.3 is 11.9 Å². The van der Waals surface area contributed by atoms with Crippen molar-refractivity contribution in [1.82, 2.24) is 19.7 Å². The first-order valence-corrected chi connectivity index (χ1v) is 10.4. The van der Waals surface area contributed by atoms with Gasteiger partial charge in [-0.1, -0.05) is 44.5 Å². The van der Waals surface area contributed by atoms with Gasteiger partial charge in [0, 0.05) is 37.3 Å². The maximum absolute atomic E-state index is 14.4. The van der Waals surface area contributed by atoms with Crippen molar-refractivity contribution in [3.05, 3.63) is 65.5 Å². The molecule has 0 bridgehead atoms. The van der Waals surface area contributed by atoms with Gasteiger partial charge in [-0.25, -0.2) is 14.5 Å². The Bertz CT molecular complexity index is 1030. The Morgan fingerprint density at radius 2 is 1.87 bits per heavy atom. The van der Waals surface area contributed by atoms with Crippen LogP contribution in [0.1, 0.15) is 67.1 Å². The van der Waals surface area contributed by atoms with Gasteiger partial charge in [-0.2, -0.15) is 8.78 Å². The first-order valence-electron chi connectivity index (χ1n) is 10.4. The van der Waals surface area contributed by atoms with Crippen LogP contribution in [0.5, 0.6) is 0 Å². The van der Waals surface area contributed by atoms with Crippen molar-refractivity contribution in [2.45, 2.75) is 58.4 Å². The van der Waals surface area contributed by atoms with Crippen molar-refractivity contribution < 1.29 is 18.7 Å². The SMILES string of the molecule is CCCCn1nc(C(F)(F)CCC)nc1Cc1ccc(-c2cnccc2C(=O)O)cc1. The predicted molar refractivity (Wildman–Crippen MR) is 113 cm³/mol. The summed E-state index contributed by atoms with van der Waals surface area (Å²) in [6.45, 7) is 4.28. The number of nitrogens with zero attached hydrogens (tertiary/aromatic N) is 4. The van der Waals surface area contributed by atoms with Gasteiger partial charge in [-0.3, -0.25) is 4.98 Å². The molecule has 0 aliphatic heterocycles. The molecule has 1 aromatic carbocycles. The molecule has 0 saturated carbocycles. The van der Waals surface area contributed by atoms with E-state index in [1.165, 1.54) is 18.5 Å². The molecule has 0 radical (unpaired) electrons. The highest BCUT2D eigenvalue weighted by molar-refractivity contribution is 5.95. The van der Waals surface area contributed by atoms with Gasteiger partial charge in [0.25, 0.3) is 0 Å². The summed E-state index contributed by atoms with van der Waals surface area (Å²) in [5, 5.41) is 13.5. The smallest absolute Gasteiger partial charge is 0.336 e. The van der Waals surface area contributed by atoms with Crippen LogP contribution in [0.4, 0.5) is 8.78 Å². The number of unbranched alkanes of at least 4 members (excludes halogenated alkanes) is 1. The van der Waals surface area contributed by atoms with Gasteiger partial charge in [0.05, 0.1) is 5.56 Å². The van der Waals surface area contributed by atoms with E-state index in [-0.39, 0.29) is 12.0 Å². The normalized spacial score (nSPS) is 11.6. The molecule has 3 rings (SSSR count). The number of rotatable bonds is 10. The van der Waals surface area contributed by atoms with Crippen LogP contribution < -0.4 is 0 Å². The van der Waals surface area contributed by atoms with Crippen molar-refractivity contribution in [1.29, 1.82) is 0 Å². The average Bonchev–Trinajstić information content (AvgIpc) is 3.16. The molecule has 164 valence electrons. The van der Waals surface area contributed by atoms with E-state index >= 15 is 0 Å². The highest BCUT2D eigenvalue weighted by atomic mass is 19.3. The van der Waals surface area contributed by atoms with E-state index in [4.69, 9.17) is 0 Å². The van der Waals surface area contributed by atoms with Crippen LogP contribution in [0, 0.1) is 0 Å². The van der Waals surface area contributed by atoms with Gasteiger partial charge in [-0.05, 0) is 30.0 Å². The van der Waals surface area contributed by atoms with Crippen LogP contribution in [-0.4, -0.2) is 30.8 Å². The fourth-order valence-electron chi connectivity index (χ4n) is 3.37. The number of halogens is 2. The molecule has 1 N–H and O–H groups in total. The van der Waals surface area contributed by atoms with Gasteiger partial charge in [0.1, 0.15) is 5.82 Å². The van der Waals surface area contributed by atoms with E-state index in [1.54, 1.807) is 23.7 Å². The second kappa shape index (κ2) is 9.76. The lowest BCUT2D eigenvalue weighted by molar-refractivity contribution is -0.0232. The molecular weight excluding hydrogens is 402 g/mol. The number of alkyl halides is 2. The summed E-state index contributed by atoms with van der Waals surface area (Å²) < 4.78 is 30.3. The van der Waals surface area contributed by atoms with Crippen LogP contribution in [0.3, 0.4) is 0 Å². The lowest BCUT2D eigenvalue weighted by Gasteiger charge is -2.10. The Morgan fingerprint density at radius 3 is 2.52 bits per heavy atom. The first kappa shape index (κ1) is 22.5. The number of hydrogen-bond acceptors (Lipinski definition) is 4. The minimum absolute atomic E-state index is 0.171. The second-order valence-corrected chi connectivity index (χ2v) is 7.48. The Kier molecular flexibility index (Phi) is 7.09. The number of benzene rings is 1. The third kappa shape index (κ3) is 5.31. The van der Waals surface area contributed by atoms with E-state index in [2.05, 4.69) is 15.1 Å². The second-order valence-electron chi connectivity index (χ2n) is 7.48. The quantitative estimate of drug-likeness (QED) is 0.473. The number of aryl methyl sites for hydroxylation is 1. The molecular formula is C23H26F2N4O2. The number of pyridine rings is 1. The fourth-order valence-corrected chi connectivity index (χ4v) is 3.37. The van der Waals surface area contributed by atoms with Crippen molar-refractivity contribution in [3.8, 4) is 11.1 Å². The van der Waals surface area contributed by atoms with Crippen LogP contribution in [-0.2, 0) is 18.9 Å². The molecule has 0 aliphatic carbocycles. The van der Waals surface area contributed by atoms with Gasteiger partial charge < -0.3 is 5.11 Å². The zero-order valence-electron chi connectivity index (χ0n) is 17.7. The molecule has 0 fully saturated rings. The molecule has 2 heterocycles.